The molecule has 3 aromatic heterocycles. The van der Waals surface area contributed by atoms with Gasteiger partial charge in [-0.05, 0) is 97.0 Å². The van der Waals surface area contributed by atoms with Gasteiger partial charge >= 0.3 is 0 Å². The zero-order chi connectivity index (χ0) is 33.5. The fourth-order valence-electron chi connectivity index (χ4n) is 7.03. The molecule has 49 heavy (non-hydrogen) atoms. The summed E-state index contributed by atoms with van der Waals surface area (Å²) >= 11 is 0. The van der Waals surface area contributed by atoms with Crippen molar-refractivity contribution in [3.63, 3.8) is 0 Å². The van der Waals surface area contributed by atoms with E-state index in [-0.39, 0.29) is 0 Å². The minimum atomic E-state index is 0.553. The summed E-state index contributed by atoms with van der Waals surface area (Å²) in [5.41, 5.74) is 11.2. The summed E-state index contributed by atoms with van der Waals surface area (Å²) < 4.78 is 10.9. The first-order chi connectivity index (χ1) is 23.9. The first kappa shape index (κ1) is 30.4. The van der Waals surface area contributed by atoms with Gasteiger partial charge in [-0.2, -0.15) is 5.10 Å². The first-order valence-corrected chi connectivity index (χ1v) is 16.9. The molecule has 0 saturated heterocycles. The van der Waals surface area contributed by atoms with E-state index in [1.54, 1.807) is 0 Å². The smallest absolute Gasteiger partial charge is 0.137 e. The molecule has 240 valence electrons. The summed E-state index contributed by atoms with van der Waals surface area (Å²) in [7, 11) is 0. The zero-order valence-electron chi connectivity index (χ0n) is 28.3. The SMILES string of the molecule is Cc1nn(-c2cccc(Oc3ccc4c5cc(-c6ccccc6)ccc5n(-c5cc(CC(C)C)ccn5)c4c3)c2)c(C)c1-c1ccccc1. The highest BCUT2D eigenvalue weighted by molar-refractivity contribution is 6.10. The molecule has 0 bridgehead atoms. The Morgan fingerprint density at radius 1 is 0.633 bits per heavy atom. The van der Waals surface area contributed by atoms with Crippen LogP contribution >= 0.6 is 0 Å². The lowest BCUT2D eigenvalue weighted by Crippen LogP contribution is -2.01. The molecule has 0 radical (unpaired) electrons. The van der Waals surface area contributed by atoms with E-state index >= 15 is 0 Å². The van der Waals surface area contributed by atoms with E-state index in [1.807, 2.05) is 29.1 Å². The van der Waals surface area contributed by atoms with Crippen molar-refractivity contribution < 1.29 is 4.74 Å². The molecule has 8 aromatic rings. The van der Waals surface area contributed by atoms with E-state index < -0.39 is 0 Å². The van der Waals surface area contributed by atoms with Gasteiger partial charge in [0.1, 0.15) is 17.3 Å². The van der Waals surface area contributed by atoms with Crippen molar-refractivity contribution in [2.24, 2.45) is 5.92 Å². The summed E-state index contributed by atoms with van der Waals surface area (Å²) in [5, 5.41) is 7.25. The number of ether oxygens (including phenoxy) is 1. The quantitative estimate of drug-likeness (QED) is 0.166. The number of aromatic nitrogens is 4. The second-order valence-corrected chi connectivity index (χ2v) is 13.2. The van der Waals surface area contributed by atoms with Gasteiger partial charge in [-0.25, -0.2) is 9.67 Å². The van der Waals surface area contributed by atoms with Crippen LogP contribution in [0.15, 0.2) is 140 Å². The number of nitrogens with zero attached hydrogens (tertiary/aromatic N) is 4. The Morgan fingerprint density at radius 3 is 2.16 bits per heavy atom. The molecule has 3 heterocycles. The third-order valence-corrected chi connectivity index (χ3v) is 9.18. The number of hydrogen-bond acceptors (Lipinski definition) is 3. The maximum Gasteiger partial charge on any atom is 0.137 e. The lowest BCUT2D eigenvalue weighted by Gasteiger charge is -2.12. The Bertz CT molecular complexity index is 2440. The van der Waals surface area contributed by atoms with Gasteiger partial charge in [0, 0.05) is 40.4 Å². The molecule has 0 aliphatic rings. The molecular formula is C44H38N4O. The van der Waals surface area contributed by atoms with Crippen LogP contribution in [0.5, 0.6) is 11.5 Å². The number of rotatable bonds is 8. The molecule has 0 saturated carbocycles. The van der Waals surface area contributed by atoms with Crippen molar-refractivity contribution in [1.29, 1.82) is 0 Å². The van der Waals surface area contributed by atoms with E-state index in [4.69, 9.17) is 14.8 Å². The monoisotopic (exact) mass is 638 g/mol. The van der Waals surface area contributed by atoms with Crippen LogP contribution < -0.4 is 4.74 Å². The van der Waals surface area contributed by atoms with Gasteiger partial charge in [-0.15, -0.1) is 0 Å². The lowest BCUT2D eigenvalue weighted by atomic mass is 10.0. The molecule has 5 heteroatoms. The molecule has 0 atom stereocenters. The van der Waals surface area contributed by atoms with Crippen molar-refractivity contribution in [3.8, 4) is 45.3 Å². The Morgan fingerprint density at radius 2 is 1.39 bits per heavy atom. The molecule has 0 fully saturated rings. The molecule has 0 aliphatic carbocycles. The van der Waals surface area contributed by atoms with E-state index in [2.05, 4.69) is 148 Å². The zero-order valence-corrected chi connectivity index (χ0v) is 28.3. The van der Waals surface area contributed by atoms with Crippen LogP contribution in [0.1, 0.15) is 30.8 Å². The molecular weight excluding hydrogens is 601 g/mol. The van der Waals surface area contributed by atoms with Gasteiger partial charge in [0.25, 0.3) is 0 Å². The Balaban J connectivity index is 1.21. The highest BCUT2D eigenvalue weighted by Crippen LogP contribution is 2.38. The second-order valence-electron chi connectivity index (χ2n) is 13.2. The van der Waals surface area contributed by atoms with Crippen molar-refractivity contribution >= 4 is 21.8 Å². The highest BCUT2D eigenvalue weighted by atomic mass is 16.5. The summed E-state index contributed by atoms with van der Waals surface area (Å²) in [4.78, 5) is 4.88. The normalized spacial score (nSPS) is 11.5. The second kappa shape index (κ2) is 12.6. The summed E-state index contributed by atoms with van der Waals surface area (Å²) in [6.45, 7) is 8.69. The van der Waals surface area contributed by atoms with Gasteiger partial charge in [0.15, 0.2) is 0 Å². The van der Waals surface area contributed by atoms with Crippen molar-refractivity contribution in [2.75, 3.05) is 0 Å². The molecule has 0 N–H and O–H groups in total. The third kappa shape index (κ3) is 5.78. The lowest BCUT2D eigenvalue weighted by molar-refractivity contribution is 0.482. The van der Waals surface area contributed by atoms with E-state index in [0.29, 0.717) is 5.92 Å². The fraction of sp³-hybridized carbons (Fsp3) is 0.136. The maximum atomic E-state index is 6.59. The summed E-state index contributed by atoms with van der Waals surface area (Å²) in [6.07, 6.45) is 2.93. The Hall–Kier alpha value is -5.94. The van der Waals surface area contributed by atoms with Gasteiger partial charge in [0.2, 0.25) is 0 Å². The van der Waals surface area contributed by atoms with E-state index in [0.717, 1.165) is 62.8 Å². The molecule has 0 amide bonds. The third-order valence-electron chi connectivity index (χ3n) is 9.18. The average Bonchev–Trinajstić information content (AvgIpc) is 3.61. The van der Waals surface area contributed by atoms with Gasteiger partial charge in [-0.3, -0.25) is 4.57 Å². The van der Waals surface area contributed by atoms with Crippen molar-refractivity contribution in [2.45, 2.75) is 34.1 Å². The number of hydrogen-bond donors (Lipinski definition) is 0. The average molecular weight is 639 g/mol. The predicted molar refractivity (Wildman–Crippen MR) is 201 cm³/mol. The number of fused-ring (bicyclic) bond motifs is 3. The van der Waals surface area contributed by atoms with Gasteiger partial charge in [0.05, 0.1) is 22.4 Å². The number of pyridine rings is 1. The summed E-state index contributed by atoms with van der Waals surface area (Å²) in [6, 6.07) is 46.6. The van der Waals surface area contributed by atoms with Crippen LogP contribution in [0.3, 0.4) is 0 Å². The molecule has 8 rings (SSSR count). The number of aryl methyl sites for hydroxylation is 1. The van der Waals surface area contributed by atoms with Crippen LogP contribution in [0, 0.1) is 19.8 Å². The number of benzene rings is 5. The van der Waals surface area contributed by atoms with E-state index in [9.17, 15) is 0 Å². The molecule has 5 nitrogen and oxygen atoms in total. The van der Waals surface area contributed by atoms with Gasteiger partial charge in [-0.1, -0.05) is 86.6 Å². The highest BCUT2D eigenvalue weighted by Gasteiger charge is 2.18. The minimum Gasteiger partial charge on any atom is -0.457 e. The van der Waals surface area contributed by atoms with Crippen LogP contribution in [0.4, 0.5) is 0 Å². The fourth-order valence-corrected chi connectivity index (χ4v) is 7.03. The van der Waals surface area contributed by atoms with Crippen molar-refractivity contribution in [1.82, 2.24) is 19.3 Å². The van der Waals surface area contributed by atoms with Crippen LogP contribution in [-0.4, -0.2) is 19.3 Å². The topological polar surface area (TPSA) is 44.9 Å². The molecule has 5 aromatic carbocycles. The van der Waals surface area contributed by atoms with Crippen LogP contribution in [0.2, 0.25) is 0 Å². The minimum absolute atomic E-state index is 0.553. The molecule has 0 aliphatic heterocycles. The Labute approximate surface area is 287 Å². The maximum absolute atomic E-state index is 6.59. The predicted octanol–water partition coefficient (Wildman–Crippen LogP) is 11.3. The molecule has 0 unspecified atom stereocenters. The summed E-state index contributed by atoms with van der Waals surface area (Å²) in [5.74, 6) is 2.96. The van der Waals surface area contributed by atoms with E-state index in [1.165, 1.54) is 27.6 Å². The molecule has 0 spiro atoms. The van der Waals surface area contributed by atoms with Gasteiger partial charge < -0.3 is 4.74 Å². The first-order valence-electron chi connectivity index (χ1n) is 16.9. The largest absolute Gasteiger partial charge is 0.457 e. The van der Waals surface area contributed by atoms with Crippen molar-refractivity contribution in [3.05, 3.63) is 157 Å². The van der Waals surface area contributed by atoms with Crippen LogP contribution in [0.25, 0.3) is 55.6 Å². The Kier molecular flexibility index (Phi) is 7.81. The standard InChI is InChI=1S/C44H38N4O/c1-29(2)24-32-22-23-45-43(25-32)47-41-21-18-35(33-12-7-5-8-13-33)26-40(41)39-20-19-38(28-42(39)47)49-37-17-11-16-36(27-37)48-31(4)44(30(3)46-48)34-14-9-6-10-15-34/h5-23,25-29H,24H2,1-4H3. The van der Waals surface area contributed by atoms with Crippen LogP contribution in [-0.2, 0) is 6.42 Å².